The molecule has 0 N–H and O–H groups in total. The van der Waals surface area contributed by atoms with Crippen molar-refractivity contribution in [3.63, 3.8) is 0 Å². The third-order valence-electron chi connectivity index (χ3n) is 4.33. The standard InChI is InChI=1S/C26H36O2/c1-17(2)27-23-13-19(11-21(15-23)25(5,6)7)20-12-22(26(8,9)10)16-24(14-20)28-18(3)4/h13-18H,1-10H3. The van der Waals surface area contributed by atoms with Crippen LogP contribution in [-0.4, -0.2) is 12.2 Å². The molecule has 0 saturated heterocycles. The monoisotopic (exact) mass is 380 g/mol. The normalized spacial score (nSPS) is 12.6. The summed E-state index contributed by atoms with van der Waals surface area (Å²) in [6.45, 7) is 21.4. The van der Waals surface area contributed by atoms with Crippen LogP contribution < -0.4 is 9.47 Å². The molecule has 0 aliphatic carbocycles. The van der Waals surface area contributed by atoms with Crippen LogP contribution in [0, 0.1) is 12.1 Å². The van der Waals surface area contributed by atoms with Gasteiger partial charge in [0.15, 0.2) is 0 Å². The Hall–Kier alpha value is -1.96. The molecule has 0 heterocycles. The van der Waals surface area contributed by atoms with Crippen LogP contribution in [0.1, 0.15) is 80.4 Å². The molecule has 0 aliphatic rings. The quantitative estimate of drug-likeness (QED) is 0.549. The van der Waals surface area contributed by atoms with E-state index in [0.29, 0.717) is 0 Å². The van der Waals surface area contributed by atoms with E-state index in [1.807, 2.05) is 27.7 Å². The largest absolute Gasteiger partial charge is 0.491 e. The van der Waals surface area contributed by atoms with Crippen LogP contribution in [0.15, 0.2) is 24.3 Å². The molecule has 2 aromatic rings. The summed E-state index contributed by atoms with van der Waals surface area (Å²) in [6, 6.07) is 15.5. The van der Waals surface area contributed by atoms with E-state index in [-0.39, 0.29) is 23.0 Å². The molecule has 0 spiro atoms. The van der Waals surface area contributed by atoms with E-state index in [1.165, 1.54) is 0 Å². The predicted molar refractivity (Wildman–Crippen MR) is 118 cm³/mol. The molecule has 152 valence electrons. The minimum atomic E-state index is -0.0238. The van der Waals surface area contributed by atoms with Gasteiger partial charge in [-0.25, -0.2) is 0 Å². The van der Waals surface area contributed by atoms with Crippen molar-refractivity contribution >= 4 is 0 Å². The van der Waals surface area contributed by atoms with E-state index in [4.69, 9.17) is 9.47 Å². The molecule has 2 aromatic carbocycles. The number of rotatable bonds is 5. The molecule has 2 rings (SSSR count). The van der Waals surface area contributed by atoms with Gasteiger partial charge in [0.25, 0.3) is 0 Å². The Kier molecular flexibility index (Phi) is 6.53. The zero-order valence-electron chi connectivity index (χ0n) is 19.3. The van der Waals surface area contributed by atoms with Crippen LogP contribution in [0.4, 0.5) is 0 Å². The summed E-state index contributed by atoms with van der Waals surface area (Å²) in [6.07, 6.45) is 0.237. The summed E-state index contributed by atoms with van der Waals surface area (Å²) in [5.41, 5.74) is 4.18. The molecule has 28 heavy (non-hydrogen) atoms. The van der Waals surface area contributed by atoms with E-state index < -0.39 is 0 Å². The molecule has 0 amide bonds. The topological polar surface area (TPSA) is 18.5 Å². The van der Waals surface area contributed by atoms with E-state index in [0.717, 1.165) is 33.8 Å². The van der Waals surface area contributed by atoms with Gasteiger partial charge in [-0.2, -0.15) is 0 Å². The molecule has 0 saturated carbocycles. The lowest BCUT2D eigenvalue weighted by Gasteiger charge is -2.24. The fourth-order valence-electron chi connectivity index (χ4n) is 2.87. The van der Waals surface area contributed by atoms with Gasteiger partial charge in [0.05, 0.1) is 12.2 Å². The van der Waals surface area contributed by atoms with Crippen molar-refractivity contribution in [1.82, 2.24) is 0 Å². The van der Waals surface area contributed by atoms with Crippen LogP contribution in [-0.2, 0) is 10.8 Å². The molecule has 0 unspecified atom stereocenters. The summed E-state index contributed by atoms with van der Waals surface area (Å²) in [7, 11) is 0. The highest BCUT2D eigenvalue weighted by molar-refractivity contribution is 5.68. The first-order valence-corrected chi connectivity index (χ1v) is 10.2. The lowest BCUT2D eigenvalue weighted by atomic mass is 9.83. The van der Waals surface area contributed by atoms with Crippen molar-refractivity contribution < 1.29 is 9.47 Å². The summed E-state index contributed by atoms with van der Waals surface area (Å²) < 4.78 is 12.1. The molecule has 0 bridgehead atoms. The first-order valence-electron chi connectivity index (χ1n) is 10.2. The Balaban J connectivity index is 2.67. The zero-order valence-corrected chi connectivity index (χ0v) is 19.3. The average Bonchev–Trinajstić information content (AvgIpc) is 2.51. The van der Waals surface area contributed by atoms with E-state index in [2.05, 4.69) is 77.9 Å². The van der Waals surface area contributed by atoms with E-state index >= 15 is 0 Å². The van der Waals surface area contributed by atoms with Gasteiger partial charge in [0, 0.05) is 0 Å². The second kappa shape index (κ2) is 8.19. The highest BCUT2D eigenvalue weighted by Gasteiger charge is 2.20. The summed E-state index contributed by atoms with van der Waals surface area (Å²) in [5.74, 6) is 1.74. The molecule has 0 aliphatic heterocycles. The Morgan fingerprint density at radius 3 is 1.18 bits per heavy atom. The second-order valence-corrected chi connectivity index (χ2v) is 10.1. The molecule has 2 nitrogen and oxygen atoms in total. The SMILES string of the molecule is CC(C)Oc1cc(-c2[c]c(C(C)(C)C)cc(OC(C)C)c2)[c]c(C(C)(C)C)c1. The summed E-state index contributed by atoms with van der Waals surface area (Å²) in [4.78, 5) is 0. The lowest BCUT2D eigenvalue weighted by Crippen LogP contribution is -2.14. The second-order valence-electron chi connectivity index (χ2n) is 10.1. The van der Waals surface area contributed by atoms with Crippen molar-refractivity contribution in [2.24, 2.45) is 0 Å². The Labute approximate surface area is 172 Å². The van der Waals surface area contributed by atoms with Gasteiger partial charge in [-0.3, -0.25) is 0 Å². The number of ether oxygens (including phenoxy) is 2. The van der Waals surface area contributed by atoms with Crippen LogP contribution >= 0.6 is 0 Å². The first kappa shape index (κ1) is 22.3. The molecule has 2 heteroatoms. The van der Waals surface area contributed by atoms with Gasteiger partial charge in [-0.05, 0) is 97.2 Å². The van der Waals surface area contributed by atoms with Crippen LogP contribution in [0.5, 0.6) is 11.5 Å². The Morgan fingerprint density at radius 2 is 0.929 bits per heavy atom. The highest BCUT2D eigenvalue weighted by atomic mass is 16.5. The third-order valence-corrected chi connectivity index (χ3v) is 4.33. The molecule has 0 aromatic heterocycles. The lowest BCUT2D eigenvalue weighted by molar-refractivity contribution is 0.241. The van der Waals surface area contributed by atoms with Crippen LogP contribution in [0.3, 0.4) is 0 Å². The van der Waals surface area contributed by atoms with Gasteiger partial charge < -0.3 is 9.47 Å². The molecule has 0 atom stereocenters. The highest BCUT2D eigenvalue weighted by Crippen LogP contribution is 2.36. The summed E-state index contributed by atoms with van der Waals surface area (Å²) in [5, 5.41) is 0. The van der Waals surface area contributed by atoms with Crippen molar-refractivity contribution in [2.45, 2.75) is 92.3 Å². The van der Waals surface area contributed by atoms with E-state index in [9.17, 15) is 0 Å². The van der Waals surface area contributed by atoms with Crippen molar-refractivity contribution in [3.05, 3.63) is 47.5 Å². The first-order chi connectivity index (χ1) is 12.8. The Bertz CT molecular complexity index is 733. The molecule has 0 fully saturated rings. The third kappa shape index (κ3) is 6.02. The van der Waals surface area contributed by atoms with Crippen molar-refractivity contribution in [2.75, 3.05) is 0 Å². The maximum absolute atomic E-state index is 6.04. The minimum absolute atomic E-state index is 0.0238. The van der Waals surface area contributed by atoms with Gasteiger partial charge in [-0.1, -0.05) is 41.5 Å². The Morgan fingerprint density at radius 1 is 0.607 bits per heavy atom. The molecule has 2 radical (unpaired) electrons. The van der Waals surface area contributed by atoms with Crippen molar-refractivity contribution in [1.29, 1.82) is 0 Å². The fourth-order valence-corrected chi connectivity index (χ4v) is 2.87. The van der Waals surface area contributed by atoms with Crippen LogP contribution in [0.25, 0.3) is 11.1 Å². The van der Waals surface area contributed by atoms with Crippen molar-refractivity contribution in [3.8, 4) is 22.6 Å². The number of benzene rings is 2. The van der Waals surface area contributed by atoms with Gasteiger partial charge >= 0.3 is 0 Å². The minimum Gasteiger partial charge on any atom is -0.491 e. The smallest absolute Gasteiger partial charge is 0.120 e. The molecular formula is C26H36O2. The van der Waals surface area contributed by atoms with E-state index in [1.54, 1.807) is 0 Å². The zero-order chi connectivity index (χ0) is 21.3. The van der Waals surface area contributed by atoms with Gasteiger partial charge in [-0.15, -0.1) is 0 Å². The maximum Gasteiger partial charge on any atom is 0.120 e. The predicted octanol–water partition coefficient (Wildman–Crippen LogP) is 7.12. The number of hydrogen-bond acceptors (Lipinski definition) is 2. The van der Waals surface area contributed by atoms with Gasteiger partial charge in [0.1, 0.15) is 11.5 Å². The molecular weight excluding hydrogens is 344 g/mol. The fraction of sp³-hybridized carbons (Fsp3) is 0.538. The average molecular weight is 381 g/mol. The van der Waals surface area contributed by atoms with Crippen LogP contribution in [0.2, 0.25) is 0 Å². The summed E-state index contributed by atoms with van der Waals surface area (Å²) >= 11 is 0. The maximum atomic E-state index is 6.04. The number of hydrogen-bond donors (Lipinski definition) is 0. The van der Waals surface area contributed by atoms with Gasteiger partial charge in [0.2, 0.25) is 0 Å².